The quantitative estimate of drug-likeness (QED) is 0.750. The van der Waals surface area contributed by atoms with Gasteiger partial charge in [-0.05, 0) is 66.8 Å². The van der Waals surface area contributed by atoms with Crippen molar-refractivity contribution in [2.24, 2.45) is 0 Å². The molecule has 5 nitrogen and oxygen atoms in total. The van der Waals surface area contributed by atoms with Crippen molar-refractivity contribution in [2.45, 2.75) is 19.3 Å². The molecule has 0 bridgehead atoms. The minimum atomic E-state index is -0.173. The van der Waals surface area contributed by atoms with E-state index in [4.69, 9.17) is 14.2 Å². The van der Waals surface area contributed by atoms with E-state index in [1.807, 2.05) is 6.07 Å². The number of nitrogens with one attached hydrogen (secondary N) is 1. The third kappa shape index (κ3) is 4.89. The lowest BCUT2D eigenvalue weighted by Crippen LogP contribution is -2.32. The van der Waals surface area contributed by atoms with E-state index in [9.17, 15) is 4.79 Å². The van der Waals surface area contributed by atoms with Gasteiger partial charge < -0.3 is 19.5 Å². The van der Waals surface area contributed by atoms with Crippen LogP contribution in [0.3, 0.4) is 0 Å². The van der Waals surface area contributed by atoms with Crippen molar-refractivity contribution in [2.75, 3.05) is 26.9 Å². The van der Waals surface area contributed by atoms with Crippen LogP contribution in [0, 0.1) is 0 Å². The average Bonchev–Trinajstić information content (AvgIpc) is 3.12. The van der Waals surface area contributed by atoms with Crippen molar-refractivity contribution in [1.29, 1.82) is 0 Å². The third-order valence-electron chi connectivity index (χ3n) is 4.19. The second-order valence-electron chi connectivity index (χ2n) is 5.95. The molecule has 1 aliphatic rings. The zero-order valence-corrected chi connectivity index (χ0v) is 14.4. The second kappa shape index (κ2) is 8.42. The minimum Gasteiger partial charge on any atom is -0.497 e. The van der Waals surface area contributed by atoms with E-state index in [2.05, 4.69) is 17.4 Å². The first kappa shape index (κ1) is 17.1. The summed E-state index contributed by atoms with van der Waals surface area (Å²) >= 11 is 0. The maximum atomic E-state index is 11.8. The summed E-state index contributed by atoms with van der Waals surface area (Å²) in [5, 5.41) is 2.78. The van der Waals surface area contributed by atoms with Crippen LogP contribution in [-0.4, -0.2) is 32.8 Å². The Hall–Kier alpha value is -2.69. The molecule has 2 aromatic carbocycles. The number of ether oxygens (including phenoxy) is 3. The highest BCUT2D eigenvalue weighted by atomic mass is 16.5. The van der Waals surface area contributed by atoms with Crippen LogP contribution < -0.4 is 19.5 Å². The summed E-state index contributed by atoms with van der Waals surface area (Å²) in [5.74, 6) is 2.07. The Morgan fingerprint density at radius 1 is 0.960 bits per heavy atom. The normalized spacial score (nSPS) is 12.4. The first-order chi connectivity index (χ1) is 12.2. The van der Waals surface area contributed by atoms with Crippen LogP contribution in [0.1, 0.15) is 17.5 Å². The van der Waals surface area contributed by atoms with Crippen LogP contribution in [-0.2, 0) is 17.6 Å². The predicted octanol–water partition coefficient (Wildman–Crippen LogP) is 2.76. The molecule has 2 aromatic rings. The van der Waals surface area contributed by atoms with Gasteiger partial charge in [0.1, 0.15) is 23.9 Å². The molecule has 0 saturated heterocycles. The van der Waals surface area contributed by atoms with E-state index in [0.29, 0.717) is 18.9 Å². The lowest BCUT2D eigenvalue weighted by atomic mass is 10.1. The predicted molar refractivity (Wildman–Crippen MR) is 95.5 cm³/mol. The van der Waals surface area contributed by atoms with Gasteiger partial charge in [-0.1, -0.05) is 6.07 Å². The summed E-state index contributed by atoms with van der Waals surface area (Å²) in [5.41, 5.74) is 2.81. The Balaban J connectivity index is 1.33. The fourth-order valence-corrected chi connectivity index (χ4v) is 2.87. The molecular weight excluding hydrogens is 318 g/mol. The van der Waals surface area contributed by atoms with Gasteiger partial charge in [0.25, 0.3) is 5.91 Å². The number of carbonyl (C=O) groups excluding carboxylic acids is 1. The van der Waals surface area contributed by atoms with Crippen LogP contribution in [0.2, 0.25) is 0 Å². The van der Waals surface area contributed by atoms with Crippen molar-refractivity contribution < 1.29 is 19.0 Å². The van der Waals surface area contributed by atoms with E-state index in [1.165, 1.54) is 24.0 Å². The van der Waals surface area contributed by atoms with E-state index in [0.717, 1.165) is 17.9 Å². The molecule has 5 heteroatoms. The van der Waals surface area contributed by atoms with Gasteiger partial charge >= 0.3 is 0 Å². The molecule has 1 amide bonds. The Labute approximate surface area is 147 Å². The molecule has 3 rings (SSSR count). The zero-order valence-electron chi connectivity index (χ0n) is 14.4. The monoisotopic (exact) mass is 341 g/mol. The van der Waals surface area contributed by atoms with Crippen LogP contribution in [0.25, 0.3) is 0 Å². The minimum absolute atomic E-state index is 0.0226. The first-order valence-corrected chi connectivity index (χ1v) is 8.53. The maximum absolute atomic E-state index is 11.8. The van der Waals surface area contributed by atoms with Gasteiger partial charge in [-0.2, -0.15) is 0 Å². The fourth-order valence-electron chi connectivity index (χ4n) is 2.87. The maximum Gasteiger partial charge on any atom is 0.258 e. The highest BCUT2D eigenvalue weighted by molar-refractivity contribution is 5.77. The largest absolute Gasteiger partial charge is 0.497 e. The van der Waals surface area contributed by atoms with Crippen LogP contribution >= 0.6 is 0 Å². The molecule has 132 valence electrons. The van der Waals surface area contributed by atoms with Gasteiger partial charge in [0.05, 0.1) is 13.7 Å². The van der Waals surface area contributed by atoms with E-state index < -0.39 is 0 Å². The highest BCUT2D eigenvalue weighted by Crippen LogP contribution is 2.25. The van der Waals surface area contributed by atoms with Crippen LogP contribution in [0.15, 0.2) is 42.5 Å². The molecule has 0 atom stereocenters. The van der Waals surface area contributed by atoms with Gasteiger partial charge in [0, 0.05) is 0 Å². The zero-order chi connectivity index (χ0) is 17.5. The van der Waals surface area contributed by atoms with Gasteiger partial charge in [0.2, 0.25) is 0 Å². The average molecular weight is 341 g/mol. The number of methoxy groups -OCH3 is 1. The number of hydrogen-bond acceptors (Lipinski definition) is 4. The number of hydrogen-bond donors (Lipinski definition) is 1. The van der Waals surface area contributed by atoms with Crippen molar-refractivity contribution in [3.8, 4) is 17.2 Å². The summed E-state index contributed by atoms with van der Waals surface area (Å²) in [6, 6.07) is 13.4. The number of rotatable bonds is 8. The Bertz CT molecular complexity index is 712. The summed E-state index contributed by atoms with van der Waals surface area (Å²) in [6.07, 6.45) is 3.52. The molecule has 1 aliphatic carbocycles. The number of benzene rings is 2. The molecule has 0 aliphatic heterocycles. The summed E-state index contributed by atoms with van der Waals surface area (Å²) in [4.78, 5) is 11.8. The first-order valence-electron chi connectivity index (χ1n) is 8.53. The molecule has 0 unspecified atom stereocenters. The number of carbonyl (C=O) groups is 1. The van der Waals surface area contributed by atoms with E-state index in [-0.39, 0.29) is 12.5 Å². The van der Waals surface area contributed by atoms with Crippen molar-refractivity contribution >= 4 is 5.91 Å². The molecule has 0 spiro atoms. The molecular formula is C20H23NO4. The summed E-state index contributed by atoms with van der Waals surface area (Å²) in [7, 11) is 1.61. The molecule has 0 radical (unpaired) electrons. The Morgan fingerprint density at radius 3 is 2.48 bits per heavy atom. The Morgan fingerprint density at radius 2 is 1.68 bits per heavy atom. The lowest BCUT2D eigenvalue weighted by Gasteiger charge is -2.10. The highest BCUT2D eigenvalue weighted by Gasteiger charge is 2.11. The third-order valence-corrected chi connectivity index (χ3v) is 4.19. The van der Waals surface area contributed by atoms with Crippen LogP contribution in [0.5, 0.6) is 17.2 Å². The molecule has 25 heavy (non-hydrogen) atoms. The van der Waals surface area contributed by atoms with Crippen molar-refractivity contribution in [1.82, 2.24) is 5.32 Å². The van der Waals surface area contributed by atoms with Crippen LogP contribution in [0.4, 0.5) is 0 Å². The Kier molecular flexibility index (Phi) is 5.77. The van der Waals surface area contributed by atoms with Gasteiger partial charge in [-0.25, -0.2) is 0 Å². The number of amides is 1. The molecule has 0 aromatic heterocycles. The lowest BCUT2D eigenvalue weighted by molar-refractivity contribution is -0.123. The topological polar surface area (TPSA) is 56.8 Å². The molecule has 0 fully saturated rings. The molecule has 1 N–H and O–H groups in total. The summed E-state index contributed by atoms with van der Waals surface area (Å²) in [6.45, 7) is 0.861. The fraction of sp³-hybridized carbons (Fsp3) is 0.350. The molecule has 0 heterocycles. The summed E-state index contributed by atoms with van der Waals surface area (Å²) < 4.78 is 16.2. The standard InChI is InChI=1S/C20H23NO4/c1-23-17-7-9-18(10-8-17)25-14-20(22)21-11-12-24-19-6-5-15-3-2-4-16(15)13-19/h5-10,13H,2-4,11-12,14H2,1H3,(H,21,22). The van der Waals surface area contributed by atoms with Crippen molar-refractivity contribution in [3.63, 3.8) is 0 Å². The number of aryl methyl sites for hydroxylation is 2. The van der Waals surface area contributed by atoms with Crippen molar-refractivity contribution in [3.05, 3.63) is 53.6 Å². The second-order valence-corrected chi connectivity index (χ2v) is 5.95. The van der Waals surface area contributed by atoms with E-state index in [1.54, 1.807) is 31.4 Å². The van der Waals surface area contributed by atoms with Gasteiger partial charge in [0.15, 0.2) is 6.61 Å². The van der Waals surface area contributed by atoms with Gasteiger partial charge in [-0.3, -0.25) is 4.79 Å². The molecule has 0 saturated carbocycles. The van der Waals surface area contributed by atoms with Gasteiger partial charge in [-0.15, -0.1) is 0 Å². The van der Waals surface area contributed by atoms with E-state index >= 15 is 0 Å². The SMILES string of the molecule is COc1ccc(OCC(=O)NCCOc2ccc3c(c2)CCC3)cc1. The smallest absolute Gasteiger partial charge is 0.258 e. The number of fused-ring (bicyclic) bond motifs is 1.